The summed E-state index contributed by atoms with van der Waals surface area (Å²) in [4.78, 5) is 11.9. The van der Waals surface area contributed by atoms with Gasteiger partial charge in [-0.1, -0.05) is 24.6 Å². The second kappa shape index (κ2) is 5.02. The summed E-state index contributed by atoms with van der Waals surface area (Å²) in [7, 11) is 0. The zero-order valence-corrected chi connectivity index (χ0v) is 10.2. The van der Waals surface area contributed by atoms with Crippen molar-refractivity contribution in [2.75, 3.05) is 11.9 Å². The Morgan fingerprint density at radius 3 is 3.00 bits per heavy atom. The predicted molar refractivity (Wildman–Crippen MR) is 65.6 cm³/mol. The van der Waals surface area contributed by atoms with Crippen LogP contribution in [0.3, 0.4) is 0 Å². The van der Waals surface area contributed by atoms with Gasteiger partial charge >= 0.3 is 0 Å². The fourth-order valence-corrected chi connectivity index (χ4v) is 2.17. The number of carbonyl (C=O) groups excluding carboxylic acids is 1. The monoisotopic (exact) mass is 256 g/mol. The first-order chi connectivity index (χ1) is 8.09. The average Bonchev–Trinajstić information content (AvgIpc) is 2.71. The minimum Gasteiger partial charge on any atom is -0.322 e. The number of hydrogen-bond acceptors (Lipinski definition) is 2. The Kier molecular flexibility index (Phi) is 3.64. The summed E-state index contributed by atoms with van der Waals surface area (Å²) in [5.74, 6) is -0.540. The van der Waals surface area contributed by atoms with Crippen molar-refractivity contribution in [3.8, 4) is 0 Å². The van der Waals surface area contributed by atoms with E-state index >= 15 is 0 Å². The Balaban J connectivity index is 2.10. The first-order valence-corrected chi connectivity index (χ1v) is 5.95. The van der Waals surface area contributed by atoms with Gasteiger partial charge in [0.1, 0.15) is 0 Å². The largest absolute Gasteiger partial charge is 0.322 e. The van der Waals surface area contributed by atoms with Crippen molar-refractivity contribution >= 4 is 23.2 Å². The van der Waals surface area contributed by atoms with Gasteiger partial charge in [-0.05, 0) is 31.0 Å². The number of rotatable bonds is 2. The molecule has 1 saturated heterocycles. The molecule has 1 aromatic rings. The lowest BCUT2D eigenvalue weighted by atomic mass is 10.0. The molecule has 2 rings (SSSR count). The molecule has 2 unspecified atom stereocenters. The van der Waals surface area contributed by atoms with Gasteiger partial charge in [0.05, 0.1) is 16.8 Å². The van der Waals surface area contributed by atoms with Crippen molar-refractivity contribution in [3.63, 3.8) is 0 Å². The molecule has 1 aromatic carbocycles. The number of anilines is 1. The minimum absolute atomic E-state index is 0.00947. The molecule has 1 aliphatic heterocycles. The number of halogens is 2. The van der Waals surface area contributed by atoms with Crippen LogP contribution in [0.5, 0.6) is 0 Å². The highest BCUT2D eigenvalue weighted by Gasteiger charge is 2.29. The van der Waals surface area contributed by atoms with Crippen LogP contribution in [0.2, 0.25) is 5.02 Å². The molecule has 0 spiro atoms. The van der Waals surface area contributed by atoms with Gasteiger partial charge in [0.2, 0.25) is 5.91 Å². The van der Waals surface area contributed by atoms with E-state index in [1.807, 2.05) is 6.92 Å². The summed E-state index contributed by atoms with van der Waals surface area (Å²) in [6.07, 6.45) is 0.954. The lowest BCUT2D eigenvalue weighted by Gasteiger charge is -2.15. The van der Waals surface area contributed by atoms with Crippen molar-refractivity contribution in [1.82, 2.24) is 5.32 Å². The molecule has 0 radical (unpaired) electrons. The molecule has 5 heteroatoms. The maximum Gasteiger partial charge on any atom is 0.241 e. The SMILES string of the molecule is CC1CCNC1C(=O)Nc1cccc(Cl)c1F. The molecule has 3 nitrogen and oxygen atoms in total. The zero-order chi connectivity index (χ0) is 12.4. The van der Waals surface area contributed by atoms with Crippen LogP contribution in [-0.4, -0.2) is 18.5 Å². The Hall–Kier alpha value is -1.13. The third-order valence-corrected chi connectivity index (χ3v) is 3.32. The molecular weight excluding hydrogens is 243 g/mol. The van der Waals surface area contributed by atoms with Gasteiger partial charge in [0.25, 0.3) is 0 Å². The van der Waals surface area contributed by atoms with Crippen LogP contribution in [0.25, 0.3) is 0 Å². The van der Waals surface area contributed by atoms with Crippen molar-refractivity contribution in [3.05, 3.63) is 29.0 Å². The van der Waals surface area contributed by atoms with E-state index in [2.05, 4.69) is 10.6 Å². The normalized spacial score (nSPS) is 23.7. The van der Waals surface area contributed by atoms with E-state index in [0.29, 0.717) is 0 Å². The van der Waals surface area contributed by atoms with Crippen LogP contribution < -0.4 is 10.6 Å². The van der Waals surface area contributed by atoms with Crippen LogP contribution in [0.1, 0.15) is 13.3 Å². The Bertz CT molecular complexity index is 439. The van der Waals surface area contributed by atoms with E-state index in [1.165, 1.54) is 12.1 Å². The fraction of sp³-hybridized carbons (Fsp3) is 0.417. The third kappa shape index (κ3) is 2.58. The molecule has 2 N–H and O–H groups in total. The lowest BCUT2D eigenvalue weighted by molar-refractivity contribution is -0.118. The molecule has 0 bridgehead atoms. The number of carbonyl (C=O) groups is 1. The quantitative estimate of drug-likeness (QED) is 0.853. The van der Waals surface area contributed by atoms with Gasteiger partial charge < -0.3 is 10.6 Å². The summed E-state index contributed by atoms with van der Waals surface area (Å²) in [6, 6.07) is 4.29. The molecule has 0 saturated carbocycles. The van der Waals surface area contributed by atoms with E-state index in [4.69, 9.17) is 11.6 Å². The first-order valence-electron chi connectivity index (χ1n) is 5.58. The Labute approximate surface area is 104 Å². The molecule has 1 aliphatic rings. The molecule has 1 heterocycles. The molecule has 2 atom stereocenters. The van der Waals surface area contributed by atoms with Crippen molar-refractivity contribution in [1.29, 1.82) is 0 Å². The number of hydrogen-bond donors (Lipinski definition) is 2. The van der Waals surface area contributed by atoms with Crippen molar-refractivity contribution in [2.24, 2.45) is 5.92 Å². The topological polar surface area (TPSA) is 41.1 Å². The summed E-state index contributed by atoms with van der Waals surface area (Å²) < 4.78 is 13.6. The van der Waals surface area contributed by atoms with Crippen LogP contribution in [-0.2, 0) is 4.79 Å². The molecule has 92 valence electrons. The highest BCUT2D eigenvalue weighted by molar-refractivity contribution is 6.31. The van der Waals surface area contributed by atoms with Gasteiger partial charge in [0, 0.05) is 0 Å². The van der Waals surface area contributed by atoms with Crippen LogP contribution in [0.4, 0.5) is 10.1 Å². The van der Waals surface area contributed by atoms with Crippen LogP contribution >= 0.6 is 11.6 Å². The molecule has 17 heavy (non-hydrogen) atoms. The molecular formula is C12H14ClFN2O. The number of nitrogens with one attached hydrogen (secondary N) is 2. The zero-order valence-electron chi connectivity index (χ0n) is 9.47. The molecule has 0 aliphatic carbocycles. The smallest absolute Gasteiger partial charge is 0.241 e. The number of benzene rings is 1. The maximum absolute atomic E-state index is 13.6. The van der Waals surface area contributed by atoms with Crippen LogP contribution in [0.15, 0.2) is 18.2 Å². The van der Waals surface area contributed by atoms with Gasteiger partial charge in [0.15, 0.2) is 5.82 Å². The summed E-state index contributed by atoms with van der Waals surface area (Å²) >= 11 is 5.64. The summed E-state index contributed by atoms with van der Waals surface area (Å²) in [6.45, 7) is 2.82. The van der Waals surface area contributed by atoms with Crippen molar-refractivity contribution in [2.45, 2.75) is 19.4 Å². The molecule has 1 fully saturated rings. The summed E-state index contributed by atoms with van der Waals surface area (Å²) in [5.41, 5.74) is 0.128. The Morgan fingerprint density at radius 2 is 2.35 bits per heavy atom. The lowest BCUT2D eigenvalue weighted by Crippen LogP contribution is -2.39. The van der Waals surface area contributed by atoms with Crippen molar-refractivity contribution < 1.29 is 9.18 Å². The molecule has 1 amide bonds. The third-order valence-electron chi connectivity index (χ3n) is 3.02. The highest BCUT2D eigenvalue weighted by atomic mass is 35.5. The molecule has 0 aromatic heterocycles. The van der Waals surface area contributed by atoms with Crippen LogP contribution in [0, 0.1) is 11.7 Å². The maximum atomic E-state index is 13.6. The predicted octanol–water partition coefficient (Wildman–Crippen LogP) is 2.42. The minimum atomic E-state index is -0.590. The first kappa shape index (κ1) is 12.3. The van der Waals surface area contributed by atoms with Gasteiger partial charge in [-0.25, -0.2) is 4.39 Å². The van der Waals surface area contributed by atoms with E-state index in [9.17, 15) is 9.18 Å². The summed E-state index contributed by atoms with van der Waals surface area (Å²) in [5, 5.41) is 5.66. The van der Waals surface area contributed by atoms with E-state index in [0.717, 1.165) is 13.0 Å². The number of amides is 1. The average molecular weight is 257 g/mol. The highest BCUT2D eigenvalue weighted by Crippen LogP contribution is 2.23. The second-order valence-corrected chi connectivity index (χ2v) is 4.70. The van der Waals surface area contributed by atoms with Gasteiger partial charge in [-0.3, -0.25) is 4.79 Å². The van der Waals surface area contributed by atoms with Gasteiger partial charge in [-0.2, -0.15) is 0 Å². The van der Waals surface area contributed by atoms with E-state index in [-0.39, 0.29) is 28.6 Å². The van der Waals surface area contributed by atoms with E-state index in [1.54, 1.807) is 6.07 Å². The van der Waals surface area contributed by atoms with Gasteiger partial charge in [-0.15, -0.1) is 0 Å². The second-order valence-electron chi connectivity index (χ2n) is 4.29. The standard InChI is InChI=1S/C12H14ClFN2O/c1-7-5-6-15-11(7)12(17)16-9-4-2-3-8(13)10(9)14/h2-4,7,11,15H,5-6H2,1H3,(H,16,17). The fourth-order valence-electron chi connectivity index (χ4n) is 2.00. The van der Waals surface area contributed by atoms with E-state index < -0.39 is 5.82 Å². The Morgan fingerprint density at radius 1 is 1.59 bits per heavy atom.